The average Bonchev–Trinajstić information content (AvgIpc) is 3.45. The summed E-state index contributed by atoms with van der Waals surface area (Å²) < 4.78 is 17.1. The number of esters is 1. The maximum absolute atomic E-state index is 13.4. The highest BCUT2D eigenvalue weighted by atomic mass is 16.6. The van der Waals surface area contributed by atoms with Gasteiger partial charge in [-0.3, -0.25) is 4.79 Å². The number of carbonyl (C=O) groups is 2. The molecule has 1 aromatic heterocycles. The molecule has 42 heavy (non-hydrogen) atoms. The molecule has 6 aromatic rings. The Morgan fingerprint density at radius 2 is 1.24 bits per heavy atom. The highest BCUT2D eigenvalue weighted by Crippen LogP contribution is 2.37. The van der Waals surface area contributed by atoms with Crippen LogP contribution in [-0.4, -0.2) is 25.0 Å². The van der Waals surface area contributed by atoms with Crippen LogP contribution in [-0.2, 0) is 16.0 Å². The van der Waals surface area contributed by atoms with Gasteiger partial charge in [0.25, 0.3) is 0 Å². The Bertz CT molecular complexity index is 1820. The fourth-order valence-corrected chi connectivity index (χ4v) is 5.06. The quantitative estimate of drug-likeness (QED) is 0.134. The lowest BCUT2D eigenvalue weighted by molar-refractivity contribution is -0.148. The minimum Gasteiger partial charge on any atom is -0.478 e. The number of methoxy groups -OCH3 is 1. The van der Waals surface area contributed by atoms with Gasteiger partial charge in [0.15, 0.2) is 11.9 Å². The van der Waals surface area contributed by atoms with Gasteiger partial charge in [0.1, 0.15) is 11.3 Å². The Morgan fingerprint density at radius 1 is 0.667 bits per heavy atom. The van der Waals surface area contributed by atoms with Crippen LogP contribution in [0.15, 0.2) is 138 Å². The number of para-hydroxylation sites is 1. The standard InChI is InChI=1S/C37H28O5/c1-40-37(39)33(24-25-10-4-2-5-11-25)41-30-22-20-27(21-23-30)26-16-18-28(19-17-26)34-31-14-8-9-15-32(31)42-36(34)35(38)29-12-6-3-7-13-29/h2-23,33H,24H2,1H3/t33-/m1/s1. The highest BCUT2D eigenvalue weighted by Gasteiger charge is 2.24. The van der Waals surface area contributed by atoms with E-state index >= 15 is 0 Å². The van der Waals surface area contributed by atoms with Gasteiger partial charge in [-0.05, 0) is 40.5 Å². The van der Waals surface area contributed by atoms with E-state index in [2.05, 4.69) is 0 Å². The van der Waals surface area contributed by atoms with E-state index in [9.17, 15) is 9.59 Å². The third-order valence-corrected chi connectivity index (χ3v) is 7.21. The molecule has 0 amide bonds. The van der Waals surface area contributed by atoms with Gasteiger partial charge in [-0.1, -0.05) is 115 Å². The summed E-state index contributed by atoms with van der Waals surface area (Å²) in [5.41, 5.74) is 5.90. The van der Waals surface area contributed by atoms with Crippen molar-refractivity contribution < 1.29 is 23.5 Å². The van der Waals surface area contributed by atoms with Gasteiger partial charge in [0.05, 0.1) is 7.11 Å². The first-order chi connectivity index (χ1) is 20.6. The van der Waals surface area contributed by atoms with Crippen molar-refractivity contribution in [3.8, 4) is 28.0 Å². The Labute approximate surface area is 244 Å². The van der Waals surface area contributed by atoms with Crippen molar-refractivity contribution in [1.82, 2.24) is 0 Å². The summed E-state index contributed by atoms with van der Waals surface area (Å²) in [6.45, 7) is 0. The molecule has 0 radical (unpaired) electrons. The normalized spacial score (nSPS) is 11.6. The molecule has 0 aliphatic heterocycles. The van der Waals surface area contributed by atoms with Crippen molar-refractivity contribution in [2.24, 2.45) is 0 Å². The lowest BCUT2D eigenvalue weighted by Gasteiger charge is -2.17. The monoisotopic (exact) mass is 552 g/mol. The molecule has 0 aliphatic rings. The number of ketones is 1. The fraction of sp³-hybridized carbons (Fsp3) is 0.0811. The SMILES string of the molecule is COC(=O)[C@@H](Cc1ccccc1)Oc1ccc(-c2ccc(-c3c(C(=O)c4ccccc4)oc4ccccc34)cc2)cc1. The summed E-state index contributed by atoms with van der Waals surface area (Å²) in [6, 6.07) is 42.3. The molecular weight excluding hydrogens is 524 g/mol. The molecule has 0 saturated carbocycles. The first-order valence-corrected chi connectivity index (χ1v) is 13.7. The van der Waals surface area contributed by atoms with E-state index in [1.165, 1.54) is 7.11 Å². The van der Waals surface area contributed by atoms with Crippen molar-refractivity contribution in [2.45, 2.75) is 12.5 Å². The van der Waals surface area contributed by atoms with E-state index in [0.717, 1.165) is 33.2 Å². The minimum absolute atomic E-state index is 0.154. The predicted octanol–water partition coefficient (Wildman–Crippen LogP) is 8.16. The molecule has 5 heteroatoms. The van der Waals surface area contributed by atoms with Crippen molar-refractivity contribution in [3.05, 3.63) is 150 Å². The zero-order valence-electron chi connectivity index (χ0n) is 23.0. The molecule has 0 saturated heterocycles. The number of rotatable bonds is 9. The summed E-state index contributed by atoms with van der Waals surface area (Å²) in [6.07, 6.45) is -0.339. The molecule has 5 aromatic carbocycles. The van der Waals surface area contributed by atoms with Gasteiger partial charge in [-0.25, -0.2) is 4.79 Å². The number of benzene rings is 5. The second-order valence-corrected chi connectivity index (χ2v) is 9.92. The summed E-state index contributed by atoms with van der Waals surface area (Å²) >= 11 is 0. The molecule has 5 nitrogen and oxygen atoms in total. The smallest absolute Gasteiger partial charge is 0.347 e. The molecule has 6 rings (SSSR count). The van der Waals surface area contributed by atoms with Crippen LogP contribution in [0, 0.1) is 0 Å². The predicted molar refractivity (Wildman–Crippen MR) is 164 cm³/mol. The molecule has 0 bridgehead atoms. The van der Waals surface area contributed by atoms with Crippen molar-refractivity contribution >= 4 is 22.7 Å². The highest BCUT2D eigenvalue weighted by molar-refractivity contribution is 6.15. The Hall–Kier alpha value is -5.42. The molecular formula is C37H28O5. The second-order valence-electron chi connectivity index (χ2n) is 9.92. The van der Waals surface area contributed by atoms with Crippen LogP contribution in [0.2, 0.25) is 0 Å². The Kier molecular flexibility index (Phi) is 7.64. The van der Waals surface area contributed by atoms with Crippen molar-refractivity contribution in [3.63, 3.8) is 0 Å². The largest absolute Gasteiger partial charge is 0.478 e. The van der Waals surface area contributed by atoms with E-state index in [1.807, 2.05) is 121 Å². The zero-order chi connectivity index (χ0) is 28.9. The number of furan rings is 1. The topological polar surface area (TPSA) is 65.7 Å². The summed E-state index contributed by atoms with van der Waals surface area (Å²) in [5.74, 6) is 0.331. The second kappa shape index (κ2) is 12.0. The van der Waals surface area contributed by atoms with Crippen LogP contribution < -0.4 is 4.74 Å². The maximum Gasteiger partial charge on any atom is 0.347 e. The number of fused-ring (bicyclic) bond motifs is 1. The first-order valence-electron chi connectivity index (χ1n) is 13.7. The third-order valence-electron chi connectivity index (χ3n) is 7.21. The zero-order valence-corrected chi connectivity index (χ0v) is 23.0. The molecule has 1 heterocycles. The maximum atomic E-state index is 13.4. The van der Waals surface area contributed by atoms with E-state index < -0.39 is 12.1 Å². The number of hydrogen-bond donors (Lipinski definition) is 0. The van der Waals surface area contributed by atoms with Crippen LogP contribution >= 0.6 is 0 Å². The van der Waals surface area contributed by atoms with Gasteiger partial charge >= 0.3 is 5.97 Å². The first kappa shape index (κ1) is 26.8. The Balaban J connectivity index is 1.25. The van der Waals surface area contributed by atoms with E-state index in [1.54, 1.807) is 12.1 Å². The number of hydrogen-bond acceptors (Lipinski definition) is 5. The third kappa shape index (κ3) is 5.58. The summed E-state index contributed by atoms with van der Waals surface area (Å²) in [4.78, 5) is 25.8. The molecule has 0 spiro atoms. The molecule has 0 unspecified atom stereocenters. The van der Waals surface area contributed by atoms with Gasteiger partial charge < -0.3 is 13.9 Å². The van der Waals surface area contributed by atoms with Gasteiger partial charge in [-0.15, -0.1) is 0 Å². The number of ether oxygens (including phenoxy) is 2. The Morgan fingerprint density at radius 3 is 1.90 bits per heavy atom. The van der Waals surface area contributed by atoms with Crippen LogP contribution in [0.3, 0.4) is 0 Å². The fourth-order valence-electron chi connectivity index (χ4n) is 5.06. The van der Waals surface area contributed by atoms with Crippen molar-refractivity contribution in [1.29, 1.82) is 0 Å². The number of carbonyl (C=O) groups excluding carboxylic acids is 2. The summed E-state index contributed by atoms with van der Waals surface area (Å²) in [7, 11) is 1.36. The van der Waals surface area contributed by atoms with Crippen molar-refractivity contribution in [2.75, 3.05) is 7.11 Å². The van der Waals surface area contributed by atoms with E-state index in [-0.39, 0.29) is 5.78 Å². The minimum atomic E-state index is -0.750. The molecule has 0 fully saturated rings. The van der Waals surface area contributed by atoms with Gasteiger partial charge in [-0.2, -0.15) is 0 Å². The molecule has 1 atom stereocenters. The van der Waals surface area contributed by atoms with Gasteiger partial charge in [0.2, 0.25) is 5.78 Å². The summed E-state index contributed by atoms with van der Waals surface area (Å²) in [5, 5.41) is 0.890. The molecule has 206 valence electrons. The lowest BCUT2D eigenvalue weighted by atomic mass is 9.96. The average molecular weight is 553 g/mol. The molecule has 0 N–H and O–H groups in total. The van der Waals surface area contributed by atoms with Crippen LogP contribution in [0.5, 0.6) is 5.75 Å². The molecule has 0 aliphatic carbocycles. The van der Waals surface area contributed by atoms with Crippen LogP contribution in [0.25, 0.3) is 33.2 Å². The lowest BCUT2D eigenvalue weighted by Crippen LogP contribution is -2.30. The van der Waals surface area contributed by atoms with Crippen LogP contribution in [0.1, 0.15) is 21.7 Å². The van der Waals surface area contributed by atoms with E-state index in [4.69, 9.17) is 13.9 Å². The van der Waals surface area contributed by atoms with E-state index in [0.29, 0.717) is 29.1 Å². The van der Waals surface area contributed by atoms with Crippen LogP contribution in [0.4, 0.5) is 0 Å². The van der Waals surface area contributed by atoms with Gasteiger partial charge in [0, 0.05) is 22.9 Å².